The molecule has 0 saturated carbocycles. The molecule has 108 valence electrons. The van der Waals surface area contributed by atoms with E-state index in [0.29, 0.717) is 16.8 Å². The molecule has 0 unspecified atom stereocenters. The van der Waals surface area contributed by atoms with Crippen LogP contribution in [0, 0.1) is 0 Å². The zero-order valence-electron chi connectivity index (χ0n) is 12.1. The molecule has 0 fully saturated rings. The average molecular weight is 292 g/mol. The second-order valence-electron chi connectivity index (χ2n) is 5.15. The van der Waals surface area contributed by atoms with Gasteiger partial charge in [0.1, 0.15) is 0 Å². The van der Waals surface area contributed by atoms with Crippen molar-refractivity contribution in [3.05, 3.63) is 35.0 Å². The zero-order valence-corrected chi connectivity index (χ0v) is 12.9. The number of hydrogen-bond acceptors (Lipinski definition) is 2. The molecule has 0 saturated heterocycles. The summed E-state index contributed by atoms with van der Waals surface area (Å²) in [6, 6.07) is 7.80. The third-order valence-corrected chi connectivity index (χ3v) is 3.98. The molecule has 0 bridgehead atoms. The van der Waals surface area contributed by atoms with Gasteiger partial charge in [0.05, 0.1) is 0 Å². The fraction of sp³-hybridized carbons (Fsp3) is 0.438. The van der Waals surface area contributed by atoms with Crippen molar-refractivity contribution in [2.75, 3.05) is 5.73 Å². The molecule has 0 radical (unpaired) electrons. The summed E-state index contributed by atoms with van der Waals surface area (Å²) in [5.41, 5.74) is 9.14. The lowest BCUT2D eigenvalue weighted by Crippen LogP contribution is -2.01. The lowest BCUT2D eigenvalue weighted by atomic mass is 9.90. The Morgan fingerprint density at radius 1 is 1.20 bits per heavy atom. The van der Waals surface area contributed by atoms with Crippen molar-refractivity contribution in [2.45, 2.75) is 45.4 Å². The third kappa shape index (κ3) is 2.98. The number of rotatable bonds is 6. The maximum Gasteiger partial charge on any atom is 0.153 e. The van der Waals surface area contributed by atoms with Gasteiger partial charge in [-0.3, -0.25) is 5.10 Å². The van der Waals surface area contributed by atoms with Gasteiger partial charge in [-0.25, -0.2) is 0 Å². The van der Waals surface area contributed by atoms with Crippen LogP contribution >= 0.6 is 11.6 Å². The summed E-state index contributed by atoms with van der Waals surface area (Å²) in [5.74, 6) is 0.992. The first-order chi connectivity index (χ1) is 9.69. The topological polar surface area (TPSA) is 54.7 Å². The molecule has 20 heavy (non-hydrogen) atoms. The van der Waals surface area contributed by atoms with Crippen LogP contribution in [-0.2, 0) is 0 Å². The van der Waals surface area contributed by atoms with Crippen LogP contribution in [0.2, 0.25) is 5.02 Å². The summed E-state index contributed by atoms with van der Waals surface area (Å²) in [6.45, 7) is 4.41. The van der Waals surface area contributed by atoms with Gasteiger partial charge in [0, 0.05) is 27.8 Å². The van der Waals surface area contributed by atoms with Crippen LogP contribution < -0.4 is 5.73 Å². The fourth-order valence-electron chi connectivity index (χ4n) is 2.74. The van der Waals surface area contributed by atoms with Gasteiger partial charge in [-0.2, -0.15) is 5.10 Å². The summed E-state index contributed by atoms with van der Waals surface area (Å²) in [6.07, 6.45) is 4.55. The molecule has 0 amide bonds. The predicted octanol–water partition coefficient (Wildman–Crippen LogP) is 5.00. The molecular weight excluding hydrogens is 270 g/mol. The molecular formula is C16H22ClN3. The maximum atomic E-state index is 6.32. The van der Waals surface area contributed by atoms with Crippen molar-refractivity contribution in [1.82, 2.24) is 10.2 Å². The standard InChI is InChI=1S/C16H22ClN3/c1-3-7-11(8-4-2)15-14(16(18)20-19-15)12-9-5-6-10-13(12)17/h5-6,9-11H,3-4,7-8H2,1-2H3,(H3,18,19,20). The molecule has 0 aliphatic heterocycles. The van der Waals surface area contributed by atoms with E-state index in [2.05, 4.69) is 24.0 Å². The van der Waals surface area contributed by atoms with E-state index in [4.69, 9.17) is 17.3 Å². The highest BCUT2D eigenvalue weighted by molar-refractivity contribution is 6.33. The van der Waals surface area contributed by atoms with Gasteiger partial charge >= 0.3 is 0 Å². The van der Waals surface area contributed by atoms with Gasteiger partial charge in [0.2, 0.25) is 0 Å². The Bertz CT molecular complexity index is 557. The van der Waals surface area contributed by atoms with E-state index in [0.717, 1.165) is 42.5 Å². The number of nitrogens with zero attached hydrogens (tertiary/aromatic N) is 1. The molecule has 0 aliphatic rings. The molecule has 0 aliphatic carbocycles. The van der Waals surface area contributed by atoms with Gasteiger partial charge < -0.3 is 5.73 Å². The molecule has 2 aromatic rings. The number of nitrogens with two attached hydrogens (primary N) is 1. The Kier molecular flexibility index (Phi) is 5.07. The Hall–Kier alpha value is -1.48. The molecule has 1 aromatic carbocycles. The van der Waals surface area contributed by atoms with Crippen LogP contribution in [-0.4, -0.2) is 10.2 Å². The Morgan fingerprint density at radius 2 is 1.85 bits per heavy atom. The predicted molar refractivity (Wildman–Crippen MR) is 86.0 cm³/mol. The second kappa shape index (κ2) is 6.80. The number of H-pyrrole nitrogens is 1. The molecule has 1 aromatic heterocycles. The number of hydrogen-bond donors (Lipinski definition) is 2. The van der Waals surface area contributed by atoms with Crippen molar-refractivity contribution in [2.24, 2.45) is 0 Å². The molecule has 3 N–H and O–H groups in total. The minimum Gasteiger partial charge on any atom is -0.382 e. The second-order valence-corrected chi connectivity index (χ2v) is 5.56. The van der Waals surface area contributed by atoms with E-state index in [1.807, 2.05) is 24.3 Å². The first-order valence-corrected chi connectivity index (χ1v) is 7.65. The van der Waals surface area contributed by atoms with Gasteiger partial charge in [0.15, 0.2) is 5.82 Å². The summed E-state index contributed by atoms with van der Waals surface area (Å²) < 4.78 is 0. The van der Waals surface area contributed by atoms with Crippen LogP contribution in [0.3, 0.4) is 0 Å². The van der Waals surface area contributed by atoms with E-state index in [1.165, 1.54) is 0 Å². The van der Waals surface area contributed by atoms with Crippen molar-refractivity contribution in [3.63, 3.8) is 0 Å². The van der Waals surface area contributed by atoms with Gasteiger partial charge in [-0.15, -0.1) is 0 Å². The molecule has 0 spiro atoms. The number of aromatic nitrogens is 2. The van der Waals surface area contributed by atoms with Gasteiger partial charge in [-0.1, -0.05) is 56.5 Å². The highest BCUT2D eigenvalue weighted by atomic mass is 35.5. The Balaban J connectivity index is 2.48. The first-order valence-electron chi connectivity index (χ1n) is 7.27. The summed E-state index contributed by atoms with van der Waals surface area (Å²) >= 11 is 6.32. The van der Waals surface area contributed by atoms with Crippen molar-refractivity contribution in [1.29, 1.82) is 0 Å². The number of nitrogen functional groups attached to an aromatic ring is 1. The van der Waals surface area contributed by atoms with Crippen LogP contribution in [0.5, 0.6) is 0 Å². The van der Waals surface area contributed by atoms with Crippen LogP contribution in [0.25, 0.3) is 11.1 Å². The Labute approximate surface area is 125 Å². The smallest absolute Gasteiger partial charge is 0.153 e. The number of anilines is 1. The SMILES string of the molecule is CCCC(CCC)c1[nH]nc(N)c1-c1ccccc1Cl. The lowest BCUT2D eigenvalue weighted by Gasteiger charge is -2.16. The maximum absolute atomic E-state index is 6.32. The van der Waals surface area contributed by atoms with Crippen molar-refractivity contribution in [3.8, 4) is 11.1 Å². The molecule has 3 nitrogen and oxygen atoms in total. The molecule has 2 rings (SSSR count). The average Bonchev–Trinajstić information content (AvgIpc) is 2.81. The Morgan fingerprint density at radius 3 is 2.45 bits per heavy atom. The van der Waals surface area contributed by atoms with E-state index in [9.17, 15) is 0 Å². The van der Waals surface area contributed by atoms with Crippen LogP contribution in [0.1, 0.15) is 51.1 Å². The van der Waals surface area contributed by atoms with Crippen LogP contribution in [0.15, 0.2) is 24.3 Å². The van der Waals surface area contributed by atoms with E-state index < -0.39 is 0 Å². The quantitative estimate of drug-likeness (QED) is 0.787. The molecule has 0 atom stereocenters. The van der Waals surface area contributed by atoms with Crippen LogP contribution in [0.4, 0.5) is 5.82 Å². The van der Waals surface area contributed by atoms with Crippen molar-refractivity contribution >= 4 is 17.4 Å². The monoisotopic (exact) mass is 291 g/mol. The number of aromatic amines is 1. The van der Waals surface area contributed by atoms with E-state index in [-0.39, 0.29) is 0 Å². The number of halogens is 1. The highest BCUT2D eigenvalue weighted by Crippen LogP contribution is 2.39. The highest BCUT2D eigenvalue weighted by Gasteiger charge is 2.21. The number of benzene rings is 1. The first kappa shape index (κ1) is 14.9. The minimum atomic E-state index is 0.459. The summed E-state index contributed by atoms with van der Waals surface area (Å²) in [5, 5.41) is 8.07. The largest absolute Gasteiger partial charge is 0.382 e. The van der Waals surface area contributed by atoms with Gasteiger partial charge in [-0.05, 0) is 18.9 Å². The minimum absolute atomic E-state index is 0.459. The zero-order chi connectivity index (χ0) is 14.5. The third-order valence-electron chi connectivity index (χ3n) is 3.65. The molecule has 1 heterocycles. The molecule has 4 heteroatoms. The van der Waals surface area contributed by atoms with Gasteiger partial charge in [0.25, 0.3) is 0 Å². The number of nitrogens with one attached hydrogen (secondary N) is 1. The van der Waals surface area contributed by atoms with Crippen molar-refractivity contribution < 1.29 is 0 Å². The van der Waals surface area contributed by atoms with E-state index >= 15 is 0 Å². The van der Waals surface area contributed by atoms with E-state index in [1.54, 1.807) is 0 Å². The summed E-state index contributed by atoms with van der Waals surface area (Å²) in [4.78, 5) is 0. The fourth-order valence-corrected chi connectivity index (χ4v) is 2.97. The lowest BCUT2D eigenvalue weighted by molar-refractivity contribution is 0.548. The normalized spacial score (nSPS) is 11.2. The summed E-state index contributed by atoms with van der Waals surface area (Å²) in [7, 11) is 0.